The molecule has 0 aromatic rings. The number of carbonyl (C=O) groups is 2. The van der Waals surface area contributed by atoms with E-state index in [-0.39, 0.29) is 11.9 Å². The van der Waals surface area contributed by atoms with E-state index in [2.05, 4.69) is 10.6 Å². The molecule has 0 saturated heterocycles. The van der Waals surface area contributed by atoms with Gasteiger partial charge in [0.15, 0.2) is 0 Å². The van der Waals surface area contributed by atoms with Crippen LogP contribution in [-0.4, -0.2) is 41.4 Å². The zero-order valence-electron chi connectivity index (χ0n) is 12.6. The Morgan fingerprint density at radius 2 is 1.95 bits per heavy atom. The summed E-state index contributed by atoms with van der Waals surface area (Å²) in [6, 6.07) is 0.269. The van der Waals surface area contributed by atoms with Crippen LogP contribution in [0.15, 0.2) is 0 Å². The van der Waals surface area contributed by atoms with E-state index >= 15 is 0 Å². The first kappa shape index (κ1) is 16.8. The van der Waals surface area contributed by atoms with Crippen LogP contribution in [0.4, 0.5) is 4.79 Å². The van der Waals surface area contributed by atoms with E-state index in [4.69, 9.17) is 4.74 Å². The molecule has 0 aromatic carbocycles. The number of hydrogen-bond acceptors (Lipinski definition) is 4. The first-order valence-corrected chi connectivity index (χ1v) is 7.23. The third-order valence-electron chi connectivity index (χ3n) is 2.80. The van der Waals surface area contributed by atoms with E-state index in [1.54, 1.807) is 20.8 Å². The minimum absolute atomic E-state index is 0.269. The molecule has 0 radical (unpaired) electrons. The lowest BCUT2D eigenvalue weighted by Gasteiger charge is -2.19. The van der Waals surface area contributed by atoms with Crippen LogP contribution in [-0.2, 0) is 9.53 Å². The molecule has 2 amide bonds. The van der Waals surface area contributed by atoms with Gasteiger partial charge < -0.3 is 20.5 Å². The molecule has 1 atom stereocenters. The number of rotatable bonds is 7. The molecule has 1 aliphatic carbocycles. The van der Waals surface area contributed by atoms with Crippen LogP contribution >= 0.6 is 0 Å². The van der Waals surface area contributed by atoms with Gasteiger partial charge in [-0.05, 0) is 52.9 Å². The Balaban J connectivity index is 2.00. The summed E-state index contributed by atoms with van der Waals surface area (Å²) >= 11 is 0. The molecule has 0 unspecified atom stereocenters. The Hall–Kier alpha value is -1.30. The number of aliphatic hydroxyl groups is 1. The van der Waals surface area contributed by atoms with Crippen molar-refractivity contribution in [2.24, 2.45) is 0 Å². The summed E-state index contributed by atoms with van der Waals surface area (Å²) in [5, 5.41) is 15.0. The van der Waals surface area contributed by atoms with Crippen LogP contribution in [0.25, 0.3) is 0 Å². The van der Waals surface area contributed by atoms with Gasteiger partial charge in [-0.25, -0.2) is 4.79 Å². The van der Waals surface area contributed by atoms with Crippen molar-refractivity contribution >= 4 is 12.0 Å². The molecular weight excluding hydrogens is 260 g/mol. The largest absolute Gasteiger partial charge is 0.444 e. The van der Waals surface area contributed by atoms with Crippen molar-refractivity contribution in [3.63, 3.8) is 0 Å². The van der Waals surface area contributed by atoms with Gasteiger partial charge in [0.25, 0.3) is 0 Å². The first-order chi connectivity index (χ1) is 9.28. The van der Waals surface area contributed by atoms with E-state index in [1.165, 1.54) is 0 Å². The van der Waals surface area contributed by atoms with Gasteiger partial charge in [0.1, 0.15) is 11.7 Å². The average molecular weight is 286 g/mol. The predicted octanol–water partition coefficient (Wildman–Crippen LogP) is 1.32. The minimum Gasteiger partial charge on any atom is -0.444 e. The van der Waals surface area contributed by atoms with Gasteiger partial charge in [-0.3, -0.25) is 4.79 Å². The van der Waals surface area contributed by atoms with E-state index in [1.807, 2.05) is 0 Å². The highest BCUT2D eigenvalue weighted by atomic mass is 16.6. The SMILES string of the molecule is CC(C)(C)OC(=O)NCCCC[C@H](O)C(=O)NC1CC1. The van der Waals surface area contributed by atoms with Crippen molar-refractivity contribution in [2.45, 2.75) is 70.6 Å². The van der Waals surface area contributed by atoms with Crippen molar-refractivity contribution in [3.8, 4) is 0 Å². The fraction of sp³-hybridized carbons (Fsp3) is 0.857. The zero-order chi connectivity index (χ0) is 15.2. The summed E-state index contributed by atoms with van der Waals surface area (Å²) in [7, 11) is 0. The molecule has 6 nitrogen and oxygen atoms in total. The molecule has 1 saturated carbocycles. The highest BCUT2D eigenvalue weighted by molar-refractivity contribution is 5.80. The highest BCUT2D eigenvalue weighted by Gasteiger charge is 2.26. The number of nitrogens with one attached hydrogen (secondary N) is 2. The van der Waals surface area contributed by atoms with Crippen LogP contribution in [0.2, 0.25) is 0 Å². The maximum atomic E-state index is 11.5. The van der Waals surface area contributed by atoms with Gasteiger partial charge in [-0.15, -0.1) is 0 Å². The molecule has 0 bridgehead atoms. The Kier molecular flexibility index (Phi) is 6.26. The summed E-state index contributed by atoms with van der Waals surface area (Å²) in [6.45, 7) is 5.90. The third-order valence-corrected chi connectivity index (χ3v) is 2.80. The van der Waals surface area contributed by atoms with Crippen molar-refractivity contribution in [3.05, 3.63) is 0 Å². The lowest BCUT2D eigenvalue weighted by Crippen LogP contribution is -2.36. The summed E-state index contributed by atoms with van der Waals surface area (Å²) in [6.07, 6.45) is 2.43. The highest BCUT2D eigenvalue weighted by Crippen LogP contribution is 2.19. The second-order valence-corrected chi connectivity index (χ2v) is 6.22. The van der Waals surface area contributed by atoms with Gasteiger partial charge in [-0.1, -0.05) is 0 Å². The monoisotopic (exact) mass is 286 g/mol. The Morgan fingerprint density at radius 1 is 1.30 bits per heavy atom. The van der Waals surface area contributed by atoms with Gasteiger partial charge in [0, 0.05) is 12.6 Å². The third kappa shape index (κ3) is 7.99. The maximum absolute atomic E-state index is 11.5. The van der Waals surface area contributed by atoms with Crippen LogP contribution in [0.3, 0.4) is 0 Å². The van der Waals surface area contributed by atoms with Gasteiger partial charge in [-0.2, -0.15) is 0 Å². The van der Waals surface area contributed by atoms with Crippen molar-refractivity contribution < 1.29 is 19.4 Å². The molecule has 0 aromatic heterocycles. The Bertz CT molecular complexity index is 335. The molecule has 20 heavy (non-hydrogen) atoms. The summed E-state index contributed by atoms with van der Waals surface area (Å²) in [5.41, 5.74) is -0.499. The number of ether oxygens (including phenoxy) is 1. The second kappa shape index (κ2) is 7.47. The number of alkyl carbamates (subject to hydrolysis) is 1. The fourth-order valence-corrected chi connectivity index (χ4v) is 1.62. The molecule has 0 aliphatic heterocycles. The number of unbranched alkanes of at least 4 members (excludes halogenated alkanes) is 1. The molecule has 1 aliphatic rings. The molecule has 6 heteroatoms. The average Bonchev–Trinajstić information content (AvgIpc) is 3.09. The number of hydrogen-bond donors (Lipinski definition) is 3. The smallest absolute Gasteiger partial charge is 0.407 e. The maximum Gasteiger partial charge on any atom is 0.407 e. The minimum atomic E-state index is -0.947. The summed E-state index contributed by atoms with van der Waals surface area (Å²) in [5.74, 6) is -0.285. The van der Waals surface area contributed by atoms with Crippen LogP contribution in [0, 0.1) is 0 Å². The first-order valence-electron chi connectivity index (χ1n) is 7.23. The van der Waals surface area contributed by atoms with Crippen molar-refractivity contribution in [2.75, 3.05) is 6.54 Å². The van der Waals surface area contributed by atoms with E-state index in [0.29, 0.717) is 25.8 Å². The van der Waals surface area contributed by atoms with Crippen molar-refractivity contribution in [1.29, 1.82) is 0 Å². The molecule has 1 fully saturated rings. The standard InChI is InChI=1S/C14H26N2O4/c1-14(2,3)20-13(19)15-9-5-4-6-11(17)12(18)16-10-7-8-10/h10-11,17H,4-9H2,1-3H3,(H,15,19)(H,16,18)/t11-/m0/s1. The van der Waals surface area contributed by atoms with E-state index in [0.717, 1.165) is 12.8 Å². The lowest BCUT2D eigenvalue weighted by atomic mass is 10.1. The van der Waals surface area contributed by atoms with E-state index < -0.39 is 17.8 Å². The second-order valence-electron chi connectivity index (χ2n) is 6.22. The number of amides is 2. The molecule has 0 spiro atoms. The molecule has 1 rings (SSSR count). The van der Waals surface area contributed by atoms with Crippen LogP contribution < -0.4 is 10.6 Å². The lowest BCUT2D eigenvalue weighted by molar-refractivity contribution is -0.129. The number of carbonyl (C=O) groups excluding carboxylic acids is 2. The van der Waals surface area contributed by atoms with Crippen LogP contribution in [0.1, 0.15) is 52.9 Å². The van der Waals surface area contributed by atoms with Crippen molar-refractivity contribution in [1.82, 2.24) is 10.6 Å². The summed E-state index contributed by atoms with van der Waals surface area (Å²) < 4.78 is 5.09. The van der Waals surface area contributed by atoms with Gasteiger partial charge in [0.05, 0.1) is 0 Å². The Morgan fingerprint density at radius 3 is 2.50 bits per heavy atom. The van der Waals surface area contributed by atoms with E-state index in [9.17, 15) is 14.7 Å². The molecule has 116 valence electrons. The predicted molar refractivity (Wildman–Crippen MR) is 75.3 cm³/mol. The van der Waals surface area contributed by atoms with Gasteiger partial charge in [0.2, 0.25) is 5.91 Å². The van der Waals surface area contributed by atoms with Gasteiger partial charge >= 0.3 is 6.09 Å². The quantitative estimate of drug-likeness (QED) is 0.616. The topological polar surface area (TPSA) is 87.7 Å². The normalized spacial score (nSPS) is 16.4. The zero-order valence-corrected chi connectivity index (χ0v) is 12.6. The molecule has 0 heterocycles. The number of aliphatic hydroxyl groups excluding tert-OH is 1. The fourth-order valence-electron chi connectivity index (χ4n) is 1.62. The molecule has 3 N–H and O–H groups in total. The Labute approximate surface area is 120 Å². The van der Waals surface area contributed by atoms with Crippen LogP contribution in [0.5, 0.6) is 0 Å². The molecular formula is C14H26N2O4. The summed E-state index contributed by atoms with van der Waals surface area (Å²) in [4.78, 5) is 22.8.